The summed E-state index contributed by atoms with van der Waals surface area (Å²) in [6, 6.07) is 1.44. The Morgan fingerprint density at radius 1 is 1.53 bits per heavy atom. The second kappa shape index (κ2) is 8.30. The molecule has 4 nitrogen and oxygen atoms in total. The maximum absolute atomic E-state index is 13.0. The minimum atomic E-state index is -0.472. The van der Waals surface area contributed by atoms with Gasteiger partial charge in [0.15, 0.2) is 0 Å². The lowest BCUT2D eigenvalue weighted by atomic mass is 10.2. The van der Waals surface area contributed by atoms with Crippen LogP contribution in [0, 0.1) is 5.82 Å². The number of amides is 1. The molecule has 1 amide bonds. The van der Waals surface area contributed by atoms with Crippen LogP contribution in [0.5, 0.6) is 0 Å². The number of nitrogens with one attached hydrogen (secondary N) is 1. The van der Waals surface area contributed by atoms with Crippen molar-refractivity contribution >= 4 is 30.7 Å². The first-order valence-electron chi connectivity index (χ1n) is 5.78. The van der Waals surface area contributed by atoms with Crippen molar-refractivity contribution in [2.45, 2.75) is 18.9 Å². The van der Waals surface area contributed by atoms with Crippen molar-refractivity contribution in [1.82, 2.24) is 15.2 Å². The number of carbonyl (C=O) groups excluding carboxylic acids is 1. The van der Waals surface area contributed by atoms with Crippen molar-refractivity contribution in [3.63, 3.8) is 0 Å². The molecule has 1 atom stereocenters. The van der Waals surface area contributed by atoms with Gasteiger partial charge in [0.25, 0.3) is 5.91 Å². The number of carbonyl (C=O) groups is 1. The van der Waals surface area contributed by atoms with E-state index in [9.17, 15) is 9.18 Å². The average Bonchev–Trinajstić information content (AvgIpc) is 2.77. The number of halogens is 3. The van der Waals surface area contributed by atoms with Crippen LogP contribution in [0.15, 0.2) is 18.5 Å². The Labute approximate surface area is 124 Å². The van der Waals surface area contributed by atoms with E-state index in [1.165, 1.54) is 12.3 Å². The molecule has 1 aliphatic rings. The van der Waals surface area contributed by atoms with Gasteiger partial charge >= 0.3 is 0 Å². The van der Waals surface area contributed by atoms with E-state index in [2.05, 4.69) is 10.3 Å². The maximum Gasteiger partial charge on any atom is 0.255 e. The fourth-order valence-electron chi connectivity index (χ4n) is 2.25. The Balaban J connectivity index is 0.00000162. The summed E-state index contributed by atoms with van der Waals surface area (Å²) in [5.74, 6) is -0.602. The molecule has 19 heavy (non-hydrogen) atoms. The molecule has 1 saturated heterocycles. The summed E-state index contributed by atoms with van der Waals surface area (Å²) >= 11 is 0. The molecule has 0 aromatic carbocycles. The van der Waals surface area contributed by atoms with Gasteiger partial charge in [0.05, 0.1) is 11.8 Å². The molecule has 1 N–H and O–H groups in total. The second-order valence-corrected chi connectivity index (χ2v) is 4.24. The third-order valence-electron chi connectivity index (χ3n) is 3.03. The molecule has 7 heteroatoms. The highest BCUT2D eigenvalue weighted by Gasteiger charge is 2.28. The van der Waals surface area contributed by atoms with Crippen LogP contribution >= 0.6 is 24.8 Å². The standard InChI is InChI=1S/C12H16FN3O.2ClH/c1-14-8-11-3-2-4-16(11)12(17)9-5-10(13)7-15-6-9;;/h5-7,11,14H,2-4,8H2,1H3;2*1H. The summed E-state index contributed by atoms with van der Waals surface area (Å²) < 4.78 is 13.0. The molecule has 1 unspecified atom stereocenters. The van der Waals surface area contributed by atoms with Crippen molar-refractivity contribution in [2.75, 3.05) is 20.1 Å². The van der Waals surface area contributed by atoms with E-state index in [4.69, 9.17) is 0 Å². The average molecular weight is 310 g/mol. The van der Waals surface area contributed by atoms with Crippen molar-refractivity contribution in [3.05, 3.63) is 29.8 Å². The number of pyridine rings is 1. The molecule has 0 aliphatic carbocycles. The van der Waals surface area contributed by atoms with E-state index >= 15 is 0 Å². The minimum Gasteiger partial charge on any atom is -0.334 e. The molecule has 0 spiro atoms. The molecule has 2 rings (SSSR count). The van der Waals surface area contributed by atoms with E-state index in [-0.39, 0.29) is 36.8 Å². The predicted molar refractivity (Wildman–Crippen MR) is 76.7 cm³/mol. The molecule has 2 heterocycles. The quantitative estimate of drug-likeness (QED) is 0.927. The summed E-state index contributed by atoms with van der Waals surface area (Å²) in [6.45, 7) is 1.51. The zero-order valence-corrected chi connectivity index (χ0v) is 12.3. The molecule has 1 fully saturated rings. The van der Waals surface area contributed by atoms with E-state index in [0.717, 1.165) is 32.1 Å². The third kappa shape index (κ3) is 4.30. The van der Waals surface area contributed by atoms with Crippen molar-refractivity contribution in [2.24, 2.45) is 0 Å². The van der Waals surface area contributed by atoms with Crippen LogP contribution in [0.1, 0.15) is 23.2 Å². The van der Waals surface area contributed by atoms with Crippen molar-refractivity contribution in [3.8, 4) is 0 Å². The molecular formula is C12H18Cl2FN3O. The maximum atomic E-state index is 13.0. The molecule has 1 aromatic rings. The zero-order valence-electron chi connectivity index (χ0n) is 10.6. The number of hydrogen-bond donors (Lipinski definition) is 1. The van der Waals surface area contributed by atoms with Gasteiger partial charge in [-0.1, -0.05) is 0 Å². The number of likely N-dealkylation sites (tertiary alicyclic amines) is 1. The topological polar surface area (TPSA) is 45.2 Å². The molecule has 0 radical (unpaired) electrons. The highest BCUT2D eigenvalue weighted by molar-refractivity contribution is 5.94. The number of hydrogen-bond acceptors (Lipinski definition) is 3. The van der Waals surface area contributed by atoms with Crippen LogP contribution in [0.3, 0.4) is 0 Å². The largest absolute Gasteiger partial charge is 0.334 e. The number of aromatic nitrogens is 1. The summed E-state index contributed by atoms with van der Waals surface area (Å²) in [4.78, 5) is 17.7. The van der Waals surface area contributed by atoms with Gasteiger partial charge in [0.1, 0.15) is 5.82 Å². The lowest BCUT2D eigenvalue weighted by Crippen LogP contribution is -2.40. The van der Waals surface area contributed by atoms with Crippen LogP contribution in [-0.4, -0.2) is 42.0 Å². The third-order valence-corrected chi connectivity index (χ3v) is 3.03. The summed E-state index contributed by atoms with van der Waals surface area (Å²) in [5, 5.41) is 3.07. The van der Waals surface area contributed by atoms with Crippen LogP contribution in [0.25, 0.3) is 0 Å². The molecule has 0 saturated carbocycles. The van der Waals surface area contributed by atoms with Crippen LogP contribution in [0.2, 0.25) is 0 Å². The van der Waals surface area contributed by atoms with E-state index < -0.39 is 5.82 Å². The summed E-state index contributed by atoms with van der Waals surface area (Å²) in [6.07, 6.45) is 4.52. The fraction of sp³-hybridized carbons (Fsp3) is 0.500. The second-order valence-electron chi connectivity index (χ2n) is 4.24. The normalized spacial score (nSPS) is 17.6. The van der Waals surface area contributed by atoms with Gasteiger partial charge in [0.2, 0.25) is 0 Å². The zero-order chi connectivity index (χ0) is 12.3. The molecule has 1 aliphatic heterocycles. The molecule has 1 aromatic heterocycles. The van der Waals surface area contributed by atoms with Crippen LogP contribution in [0.4, 0.5) is 4.39 Å². The Hall–Kier alpha value is -0.910. The molecule has 0 bridgehead atoms. The number of likely N-dealkylation sites (N-methyl/N-ethyl adjacent to an activating group) is 1. The Kier molecular flexibility index (Phi) is 7.90. The Morgan fingerprint density at radius 2 is 2.26 bits per heavy atom. The van der Waals surface area contributed by atoms with Gasteiger partial charge in [-0.15, -0.1) is 24.8 Å². The summed E-state index contributed by atoms with van der Waals surface area (Å²) in [7, 11) is 1.87. The minimum absolute atomic E-state index is 0. The SMILES string of the molecule is CNCC1CCCN1C(=O)c1cncc(F)c1.Cl.Cl. The van der Waals surface area contributed by atoms with Gasteiger partial charge in [-0.25, -0.2) is 4.39 Å². The van der Waals surface area contributed by atoms with Gasteiger partial charge < -0.3 is 10.2 Å². The smallest absolute Gasteiger partial charge is 0.255 e. The first-order valence-corrected chi connectivity index (χ1v) is 5.78. The predicted octanol–water partition coefficient (Wildman–Crippen LogP) is 1.89. The van der Waals surface area contributed by atoms with Gasteiger partial charge in [-0.2, -0.15) is 0 Å². The highest BCUT2D eigenvalue weighted by Crippen LogP contribution is 2.19. The first-order chi connectivity index (χ1) is 8.22. The monoisotopic (exact) mass is 309 g/mol. The fourth-order valence-corrected chi connectivity index (χ4v) is 2.25. The summed E-state index contributed by atoms with van der Waals surface area (Å²) in [5.41, 5.74) is 0.327. The number of rotatable bonds is 3. The molecule has 108 valence electrons. The molecular weight excluding hydrogens is 292 g/mol. The van der Waals surface area contributed by atoms with Gasteiger partial charge in [0, 0.05) is 25.3 Å². The Bertz CT molecular complexity index is 420. The number of nitrogens with zero attached hydrogens (tertiary/aromatic N) is 2. The van der Waals surface area contributed by atoms with E-state index in [0.29, 0.717) is 5.56 Å². The van der Waals surface area contributed by atoms with E-state index in [1.54, 1.807) is 4.90 Å². The Morgan fingerprint density at radius 3 is 2.89 bits per heavy atom. The first kappa shape index (κ1) is 18.1. The lowest BCUT2D eigenvalue weighted by molar-refractivity contribution is 0.0736. The van der Waals surface area contributed by atoms with Crippen LogP contribution < -0.4 is 5.32 Å². The van der Waals surface area contributed by atoms with Gasteiger partial charge in [-0.05, 0) is 26.0 Å². The highest BCUT2D eigenvalue weighted by atomic mass is 35.5. The van der Waals surface area contributed by atoms with Crippen LogP contribution in [-0.2, 0) is 0 Å². The van der Waals surface area contributed by atoms with Crippen molar-refractivity contribution in [1.29, 1.82) is 0 Å². The van der Waals surface area contributed by atoms with E-state index in [1.807, 2.05) is 7.05 Å². The lowest BCUT2D eigenvalue weighted by Gasteiger charge is -2.24. The van der Waals surface area contributed by atoms with Crippen molar-refractivity contribution < 1.29 is 9.18 Å². The van der Waals surface area contributed by atoms with Gasteiger partial charge in [-0.3, -0.25) is 9.78 Å².